The van der Waals surface area contributed by atoms with Crippen LogP contribution in [0.25, 0.3) is 0 Å². The van der Waals surface area contributed by atoms with Gasteiger partial charge in [0.15, 0.2) is 18.9 Å². The molecule has 0 radical (unpaired) electrons. The van der Waals surface area contributed by atoms with Crippen LogP contribution in [0.3, 0.4) is 0 Å². The van der Waals surface area contributed by atoms with Crippen molar-refractivity contribution in [2.75, 3.05) is 5.75 Å². The fraction of sp³-hybridized carbons (Fsp3) is 0.238. The summed E-state index contributed by atoms with van der Waals surface area (Å²) < 4.78 is 34.1. The highest BCUT2D eigenvalue weighted by atomic mass is 32.2. The number of carboxylic acid groups (broad SMARTS) is 1. The highest BCUT2D eigenvalue weighted by Crippen LogP contribution is 2.36. The number of benzene rings is 1. The Balaban J connectivity index is 1.37. The maximum absolute atomic E-state index is 12.6. The monoisotopic (exact) mass is 490 g/mol. The molecule has 2 aromatic rings. The van der Waals surface area contributed by atoms with Gasteiger partial charge in [0.2, 0.25) is 5.91 Å². The number of nitrogens with zero attached hydrogens (tertiary/aromatic N) is 2. The predicted octanol–water partition coefficient (Wildman–Crippen LogP) is 0.446. The first-order valence-corrected chi connectivity index (χ1v) is 12.3. The molecule has 0 bridgehead atoms. The van der Waals surface area contributed by atoms with Crippen molar-refractivity contribution in [3.8, 4) is 0 Å². The summed E-state index contributed by atoms with van der Waals surface area (Å²) in [5.74, 6) is -1.17. The molecule has 1 aromatic carbocycles. The number of aromatic nitrogens is 1. The van der Waals surface area contributed by atoms with Crippen molar-refractivity contribution in [2.24, 2.45) is 0 Å². The molecule has 3 heterocycles. The van der Waals surface area contributed by atoms with Gasteiger partial charge in [-0.05, 0) is 11.6 Å². The molecule has 0 saturated carbocycles. The van der Waals surface area contributed by atoms with Gasteiger partial charge in [0.05, 0.1) is 16.9 Å². The Morgan fingerprint density at radius 2 is 1.88 bits per heavy atom. The average molecular weight is 491 g/mol. The van der Waals surface area contributed by atoms with E-state index in [1.165, 1.54) is 42.1 Å². The minimum Gasteiger partial charge on any atom is -0.478 e. The van der Waals surface area contributed by atoms with Crippen molar-refractivity contribution in [3.63, 3.8) is 0 Å². The van der Waals surface area contributed by atoms with Gasteiger partial charge in [-0.2, -0.15) is 8.42 Å². The van der Waals surface area contributed by atoms with Crippen molar-refractivity contribution in [1.82, 2.24) is 10.2 Å². The first kappa shape index (κ1) is 23.0. The predicted molar refractivity (Wildman–Crippen MR) is 117 cm³/mol. The molecule has 12 heteroatoms. The number of hydrogen-bond acceptors (Lipinski definition) is 6. The van der Waals surface area contributed by atoms with Gasteiger partial charge in [-0.3, -0.25) is 14.1 Å². The topological polar surface area (TPSA) is 145 Å². The van der Waals surface area contributed by atoms with E-state index in [-0.39, 0.29) is 33.7 Å². The summed E-state index contributed by atoms with van der Waals surface area (Å²) in [4.78, 5) is 37.2. The molecule has 2 amide bonds. The number of β-lactam (4-membered cyclic amide) rings is 1. The molecule has 1 aromatic heterocycles. The smallest absolute Gasteiger partial charge is 0.336 e. The number of carbonyl (C=O) groups is 3. The van der Waals surface area contributed by atoms with Crippen LogP contribution in [0.2, 0.25) is 0 Å². The molecule has 2 aliphatic heterocycles. The molecular weight excluding hydrogens is 470 g/mol. The minimum absolute atomic E-state index is 0.144. The minimum atomic E-state index is -4.47. The lowest BCUT2D eigenvalue weighted by Gasteiger charge is -2.47. The Kier molecular flexibility index (Phi) is 6.23. The fourth-order valence-electron chi connectivity index (χ4n) is 3.68. The van der Waals surface area contributed by atoms with Gasteiger partial charge in [0.1, 0.15) is 11.4 Å². The largest absolute Gasteiger partial charge is 0.478 e. The van der Waals surface area contributed by atoms with Gasteiger partial charge in [0, 0.05) is 29.7 Å². The first-order chi connectivity index (χ1) is 15.6. The third kappa shape index (κ3) is 4.92. The van der Waals surface area contributed by atoms with E-state index in [0.717, 1.165) is 5.57 Å². The molecule has 0 aliphatic carbocycles. The Morgan fingerprint density at radius 3 is 2.55 bits per heavy atom. The number of fused-ring (bicyclic) bond motifs is 1. The van der Waals surface area contributed by atoms with Gasteiger partial charge in [-0.25, -0.2) is 9.36 Å². The van der Waals surface area contributed by atoms with Crippen molar-refractivity contribution >= 4 is 39.7 Å². The zero-order valence-electron chi connectivity index (χ0n) is 17.1. The number of thioether (sulfide) groups is 1. The maximum atomic E-state index is 12.6. The first-order valence-electron chi connectivity index (χ1n) is 9.84. The van der Waals surface area contributed by atoms with Crippen LogP contribution in [0.5, 0.6) is 0 Å². The van der Waals surface area contributed by atoms with E-state index < -0.39 is 28.0 Å². The molecule has 10 nitrogen and oxygen atoms in total. The van der Waals surface area contributed by atoms with Crippen molar-refractivity contribution in [2.45, 2.75) is 29.3 Å². The molecule has 2 aliphatic rings. The van der Waals surface area contributed by atoms with Gasteiger partial charge in [-0.1, -0.05) is 18.2 Å². The second-order valence-corrected chi connectivity index (χ2v) is 10.1. The highest BCUT2D eigenvalue weighted by Gasteiger charge is 2.49. The highest BCUT2D eigenvalue weighted by molar-refractivity contribution is 8.00. The van der Waals surface area contributed by atoms with E-state index in [2.05, 4.69) is 5.32 Å². The van der Waals surface area contributed by atoms with E-state index >= 15 is 0 Å². The normalized spacial score (nSPS) is 19.8. The van der Waals surface area contributed by atoms with E-state index in [9.17, 15) is 27.4 Å². The number of pyridine rings is 1. The van der Waals surface area contributed by atoms with Crippen LogP contribution in [-0.2, 0) is 32.7 Å². The Hall–Kier alpha value is -3.22. The number of hydrogen-bond donors (Lipinski definition) is 3. The van der Waals surface area contributed by atoms with Crippen LogP contribution in [0.1, 0.15) is 15.9 Å². The average Bonchev–Trinajstić information content (AvgIpc) is 2.77. The number of rotatable bonds is 7. The van der Waals surface area contributed by atoms with E-state index in [1.807, 2.05) is 4.57 Å². The quantitative estimate of drug-likeness (QED) is 0.288. The number of carboxylic acids is 1. The van der Waals surface area contributed by atoms with Gasteiger partial charge in [-0.15, -0.1) is 11.8 Å². The maximum Gasteiger partial charge on any atom is 0.336 e. The van der Waals surface area contributed by atoms with Crippen LogP contribution in [-0.4, -0.2) is 57.9 Å². The molecule has 4 rings (SSSR count). The molecule has 172 valence electrons. The molecule has 2 atom stereocenters. The number of amides is 2. The summed E-state index contributed by atoms with van der Waals surface area (Å²) in [5.41, 5.74) is 1.30. The molecule has 1 fully saturated rings. The molecule has 33 heavy (non-hydrogen) atoms. The van der Waals surface area contributed by atoms with Crippen LogP contribution in [0, 0.1) is 0 Å². The Morgan fingerprint density at radius 1 is 1.18 bits per heavy atom. The second-order valence-electron chi connectivity index (χ2n) is 7.60. The van der Waals surface area contributed by atoms with Crippen LogP contribution in [0.4, 0.5) is 0 Å². The van der Waals surface area contributed by atoms with Crippen molar-refractivity contribution < 1.29 is 37.0 Å². The summed E-state index contributed by atoms with van der Waals surface area (Å²) in [6, 6.07) is 7.93. The zero-order valence-corrected chi connectivity index (χ0v) is 18.8. The number of carbonyl (C=O) groups excluding carboxylic acids is 2. The van der Waals surface area contributed by atoms with Gasteiger partial charge >= 0.3 is 5.97 Å². The summed E-state index contributed by atoms with van der Waals surface area (Å²) in [5, 5.41) is 11.4. The lowest BCUT2D eigenvalue weighted by Crippen LogP contribution is -2.68. The number of aromatic carboxylic acids is 1. The zero-order chi connectivity index (χ0) is 23.8. The number of nitrogens with one attached hydrogen (secondary N) is 1. The van der Waals surface area contributed by atoms with Crippen LogP contribution < -0.4 is 9.88 Å². The fourth-order valence-corrected chi connectivity index (χ4v) is 5.66. The molecular formula is C21H20N3O7S2+. The van der Waals surface area contributed by atoms with Crippen LogP contribution >= 0.6 is 11.8 Å². The SMILES string of the molecule is O=C(Cc1ccccc1S(=O)(=O)O)NC1C(=O)N2C=C(C[n+]3ccc(C(=O)O)cc3)CS[C@H]12. The summed E-state index contributed by atoms with van der Waals surface area (Å²) in [6.07, 6.45) is 4.78. The lowest BCUT2D eigenvalue weighted by molar-refractivity contribution is -0.689. The molecule has 3 N–H and O–H groups in total. The van der Waals surface area contributed by atoms with E-state index in [0.29, 0.717) is 12.3 Å². The van der Waals surface area contributed by atoms with Gasteiger partial charge < -0.3 is 15.3 Å². The standard InChI is InChI=1S/C21H19N3O7S2/c25-17(9-15-3-1-2-4-16(15)33(29,30)31)22-18-19(26)24-11-13(12-32-20(18)24)10-23-7-5-14(6-8-23)21(27)28/h1-8,11,18,20H,9-10,12H2,(H2-,22,25,27,28,29,30,31)/p+1/t18?,20-/m1/s1. The van der Waals surface area contributed by atoms with E-state index in [1.54, 1.807) is 29.6 Å². The Labute approximate surface area is 193 Å². The molecule has 1 saturated heterocycles. The summed E-state index contributed by atoms with van der Waals surface area (Å²) in [7, 11) is -4.47. The van der Waals surface area contributed by atoms with Crippen molar-refractivity contribution in [3.05, 3.63) is 71.7 Å². The van der Waals surface area contributed by atoms with Crippen molar-refractivity contribution in [1.29, 1.82) is 0 Å². The third-order valence-electron chi connectivity index (χ3n) is 5.28. The summed E-state index contributed by atoms with van der Waals surface area (Å²) in [6.45, 7) is 0.493. The van der Waals surface area contributed by atoms with E-state index in [4.69, 9.17) is 5.11 Å². The lowest BCUT2D eigenvalue weighted by atomic mass is 10.1. The van der Waals surface area contributed by atoms with Crippen LogP contribution in [0.15, 0.2) is 65.5 Å². The Bertz CT molecular complexity index is 1260. The second kappa shape index (κ2) is 8.96. The molecule has 0 spiro atoms. The third-order valence-corrected chi connectivity index (χ3v) is 7.62. The van der Waals surface area contributed by atoms with Gasteiger partial charge in [0.25, 0.3) is 16.0 Å². The summed E-state index contributed by atoms with van der Waals surface area (Å²) >= 11 is 1.49. The molecule has 1 unspecified atom stereocenters.